The standard InChI is InChI=1S/C19H28N2O5S/c1-2-27(24,25)21-5-3-14(4-6-21)17(22)26-16-15-8-12-7-13(9-15)11-19(16,10-12)18(20)23/h2,12-16H,1,3-11H2,(H2,20,23). The molecule has 3 atom stereocenters. The summed E-state index contributed by atoms with van der Waals surface area (Å²) in [6.45, 7) is 3.91. The maximum Gasteiger partial charge on any atom is 0.309 e. The number of piperidine rings is 1. The summed E-state index contributed by atoms with van der Waals surface area (Å²) in [4.78, 5) is 25.2. The predicted molar refractivity (Wildman–Crippen MR) is 98.5 cm³/mol. The second kappa shape index (κ2) is 6.58. The summed E-state index contributed by atoms with van der Waals surface area (Å²) in [5.74, 6) is 0.321. The predicted octanol–water partition coefficient (Wildman–Crippen LogP) is 1.40. The van der Waals surface area contributed by atoms with Crippen molar-refractivity contribution in [2.24, 2.45) is 34.8 Å². The first-order chi connectivity index (χ1) is 12.7. The number of hydrogen-bond donors (Lipinski definition) is 1. The van der Waals surface area contributed by atoms with Gasteiger partial charge in [-0.25, -0.2) is 8.42 Å². The summed E-state index contributed by atoms with van der Waals surface area (Å²) in [6, 6.07) is 0. The van der Waals surface area contributed by atoms with Crippen LogP contribution in [-0.4, -0.2) is 43.8 Å². The van der Waals surface area contributed by atoms with Crippen molar-refractivity contribution < 1.29 is 22.7 Å². The molecule has 0 aromatic rings. The van der Waals surface area contributed by atoms with E-state index in [1.165, 1.54) is 10.7 Å². The van der Waals surface area contributed by atoms with E-state index >= 15 is 0 Å². The number of nitrogens with zero attached hydrogens (tertiary/aromatic N) is 1. The van der Waals surface area contributed by atoms with Crippen molar-refractivity contribution in [2.75, 3.05) is 13.1 Å². The highest BCUT2D eigenvalue weighted by atomic mass is 32.2. The van der Waals surface area contributed by atoms with Crippen molar-refractivity contribution >= 4 is 21.9 Å². The fourth-order valence-corrected chi connectivity index (χ4v) is 7.15. The van der Waals surface area contributed by atoms with Gasteiger partial charge < -0.3 is 10.5 Å². The van der Waals surface area contributed by atoms with E-state index < -0.39 is 21.5 Å². The summed E-state index contributed by atoms with van der Waals surface area (Å²) >= 11 is 0. The Hall–Kier alpha value is -1.41. The third-order valence-electron chi connectivity index (χ3n) is 7.31. The van der Waals surface area contributed by atoms with E-state index in [1.807, 2.05) is 0 Å². The Balaban J connectivity index is 1.44. The maximum absolute atomic E-state index is 12.8. The minimum atomic E-state index is -3.45. The summed E-state index contributed by atoms with van der Waals surface area (Å²) in [5, 5.41) is 0.941. The number of carbonyl (C=O) groups excluding carboxylic acids is 2. The van der Waals surface area contributed by atoms with E-state index in [1.54, 1.807) is 0 Å². The number of carbonyl (C=O) groups is 2. The zero-order chi connectivity index (χ0) is 19.4. The Bertz CT molecular complexity index is 742. The van der Waals surface area contributed by atoms with Crippen LogP contribution in [0.25, 0.3) is 0 Å². The second-order valence-corrected chi connectivity index (χ2v) is 10.7. The normalized spacial score (nSPS) is 39.3. The highest BCUT2D eigenvalue weighted by Gasteiger charge is 2.62. The van der Waals surface area contributed by atoms with Crippen molar-refractivity contribution in [1.29, 1.82) is 0 Å². The van der Waals surface area contributed by atoms with Gasteiger partial charge in [0.1, 0.15) is 6.10 Å². The average molecular weight is 397 g/mol. The van der Waals surface area contributed by atoms with Crippen molar-refractivity contribution in [2.45, 2.75) is 51.0 Å². The fourth-order valence-electron chi connectivity index (χ4n) is 6.22. The summed E-state index contributed by atoms with van der Waals surface area (Å²) < 4.78 is 31.0. The van der Waals surface area contributed by atoms with E-state index in [-0.39, 0.29) is 36.8 Å². The molecular formula is C19H28N2O5S. The Morgan fingerprint density at radius 2 is 1.70 bits per heavy atom. The van der Waals surface area contributed by atoms with Crippen molar-refractivity contribution in [1.82, 2.24) is 4.31 Å². The smallest absolute Gasteiger partial charge is 0.309 e. The Morgan fingerprint density at radius 1 is 1.11 bits per heavy atom. The van der Waals surface area contributed by atoms with Crippen LogP contribution in [0.3, 0.4) is 0 Å². The second-order valence-electron chi connectivity index (χ2n) is 8.87. The molecule has 5 aliphatic rings. The molecule has 150 valence electrons. The zero-order valence-electron chi connectivity index (χ0n) is 15.5. The first-order valence-corrected chi connectivity index (χ1v) is 11.4. The summed E-state index contributed by atoms with van der Waals surface area (Å²) in [7, 11) is -3.45. The van der Waals surface area contributed by atoms with Crippen molar-refractivity contribution in [3.8, 4) is 0 Å². The molecule has 1 saturated heterocycles. The number of nitrogens with two attached hydrogens (primary N) is 1. The van der Waals surface area contributed by atoms with Gasteiger partial charge in [-0.3, -0.25) is 9.59 Å². The number of hydrogen-bond acceptors (Lipinski definition) is 5. The van der Waals surface area contributed by atoms with E-state index in [0.717, 1.165) is 31.1 Å². The highest BCUT2D eigenvalue weighted by molar-refractivity contribution is 7.92. The van der Waals surface area contributed by atoms with E-state index in [0.29, 0.717) is 24.7 Å². The summed E-state index contributed by atoms with van der Waals surface area (Å²) in [6.07, 6.45) is 5.12. The molecule has 2 N–H and O–H groups in total. The highest BCUT2D eigenvalue weighted by Crippen LogP contribution is 2.61. The molecule has 8 heteroatoms. The maximum atomic E-state index is 12.8. The Morgan fingerprint density at radius 3 is 2.22 bits per heavy atom. The molecule has 4 saturated carbocycles. The van der Waals surface area contributed by atoms with Crippen LogP contribution in [0.5, 0.6) is 0 Å². The lowest BCUT2D eigenvalue weighted by molar-refractivity contribution is -0.199. The van der Waals surface area contributed by atoms with Crippen LogP contribution in [0, 0.1) is 29.1 Å². The van der Waals surface area contributed by atoms with Crippen molar-refractivity contribution in [3.05, 3.63) is 12.0 Å². The number of esters is 1. The monoisotopic (exact) mass is 396 g/mol. The van der Waals surface area contributed by atoms with Crippen LogP contribution in [0.4, 0.5) is 0 Å². The van der Waals surface area contributed by atoms with Gasteiger partial charge in [0.2, 0.25) is 15.9 Å². The number of ether oxygens (including phenoxy) is 1. The van der Waals surface area contributed by atoms with E-state index in [9.17, 15) is 18.0 Å². The molecule has 5 fully saturated rings. The van der Waals surface area contributed by atoms with Gasteiger partial charge in [-0.15, -0.1) is 0 Å². The molecule has 0 aromatic carbocycles. The van der Waals surface area contributed by atoms with Gasteiger partial charge in [-0.2, -0.15) is 4.31 Å². The summed E-state index contributed by atoms with van der Waals surface area (Å²) in [5.41, 5.74) is 5.11. The van der Waals surface area contributed by atoms with Gasteiger partial charge in [0.15, 0.2) is 0 Å². The molecule has 4 aliphatic carbocycles. The lowest BCUT2D eigenvalue weighted by Crippen LogP contribution is -2.62. The third kappa shape index (κ3) is 3.10. The van der Waals surface area contributed by atoms with Gasteiger partial charge in [-0.1, -0.05) is 6.58 Å². The first-order valence-electron chi connectivity index (χ1n) is 9.88. The van der Waals surface area contributed by atoms with Gasteiger partial charge in [0.05, 0.1) is 11.3 Å². The van der Waals surface area contributed by atoms with E-state index in [4.69, 9.17) is 10.5 Å². The molecule has 0 spiro atoms. The van der Waals surface area contributed by atoms with Gasteiger partial charge in [-0.05, 0) is 62.7 Å². The fraction of sp³-hybridized carbons (Fsp3) is 0.789. The molecule has 7 nitrogen and oxygen atoms in total. The van der Waals surface area contributed by atoms with Gasteiger partial charge >= 0.3 is 5.97 Å². The quantitative estimate of drug-likeness (QED) is 0.707. The lowest BCUT2D eigenvalue weighted by atomic mass is 9.48. The molecule has 1 amide bonds. The molecule has 4 bridgehead atoms. The van der Waals surface area contributed by atoms with Crippen LogP contribution >= 0.6 is 0 Å². The van der Waals surface area contributed by atoms with Crippen LogP contribution in [0.2, 0.25) is 0 Å². The minimum Gasteiger partial charge on any atom is -0.461 e. The molecule has 5 rings (SSSR count). The average Bonchev–Trinajstić information content (AvgIpc) is 2.64. The number of primary amides is 1. The Kier molecular flexibility index (Phi) is 4.62. The van der Waals surface area contributed by atoms with Crippen LogP contribution in [-0.2, 0) is 24.3 Å². The van der Waals surface area contributed by atoms with Gasteiger partial charge in [0, 0.05) is 18.5 Å². The lowest BCUT2D eigenvalue weighted by Gasteiger charge is -2.58. The topological polar surface area (TPSA) is 107 Å². The van der Waals surface area contributed by atoms with Gasteiger partial charge in [0.25, 0.3) is 0 Å². The van der Waals surface area contributed by atoms with Crippen molar-refractivity contribution in [3.63, 3.8) is 0 Å². The third-order valence-corrected chi connectivity index (χ3v) is 8.82. The molecule has 1 aliphatic heterocycles. The SMILES string of the molecule is C=CS(=O)(=O)N1CCC(C(=O)OC2C3CC4CC(C3)CC2(C(N)=O)C4)CC1. The van der Waals surface area contributed by atoms with Crippen LogP contribution < -0.4 is 5.73 Å². The first kappa shape index (κ1) is 18.9. The minimum absolute atomic E-state index is 0.230. The Labute approximate surface area is 160 Å². The van der Waals surface area contributed by atoms with Crippen LogP contribution in [0.15, 0.2) is 12.0 Å². The molecular weight excluding hydrogens is 368 g/mol. The largest absolute Gasteiger partial charge is 0.461 e. The molecule has 0 aromatic heterocycles. The molecule has 1 heterocycles. The number of amides is 1. The number of sulfonamides is 1. The molecule has 3 unspecified atom stereocenters. The zero-order valence-corrected chi connectivity index (χ0v) is 16.3. The molecule has 27 heavy (non-hydrogen) atoms. The molecule has 0 radical (unpaired) electrons. The number of rotatable bonds is 5. The van der Waals surface area contributed by atoms with Crippen LogP contribution in [0.1, 0.15) is 44.9 Å². The van der Waals surface area contributed by atoms with E-state index in [2.05, 4.69) is 6.58 Å².